The van der Waals surface area contributed by atoms with E-state index in [4.69, 9.17) is 4.74 Å². The monoisotopic (exact) mass is 329 g/mol. The second kappa shape index (κ2) is 5.75. The molecule has 0 amide bonds. The molecule has 19 heavy (non-hydrogen) atoms. The average Bonchev–Trinajstić information content (AvgIpc) is 2.39. The molecule has 0 unspecified atom stereocenters. The van der Waals surface area contributed by atoms with Crippen molar-refractivity contribution in [3.63, 3.8) is 0 Å². The summed E-state index contributed by atoms with van der Waals surface area (Å²) in [4.78, 5) is 15.1. The molecule has 1 aromatic carbocycles. The molecule has 1 saturated heterocycles. The summed E-state index contributed by atoms with van der Waals surface area (Å²) in [6, 6.07) is 3.24. The minimum absolute atomic E-state index is 0.109. The summed E-state index contributed by atoms with van der Waals surface area (Å²) in [5.41, 5.74) is 0.732. The van der Waals surface area contributed by atoms with Gasteiger partial charge in [-0.15, -0.1) is 0 Å². The van der Waals surface area contributed by atoms with E-state index in [-0.39, 0.29) is 10.6 Å². The van der Waals surface area contributed by atoms with Gasteiger partial charge in [-0.25, -0.2) is 0 Å². The molecule has 0 aliphatic carbocycles. The third-order valence-electron chi connectivity index (χ3n) is 3.29. The van der Waals surface area contributed by atoms with E-state index in [2.05, 4.69) is 20.8 Å². The molecule has 1 aromatic rings. The third-order valence-corrected chi connectivity index (χ3v) is 3.91. The van der Waals surface area contributed by atoms with Crippen LogP contribution in [0, 0.1) is 10.1 Å². The maximum absolute atomic E-state index is 11.2. The van der Waals surface area contributed by atoms with E-state index < -0.39 is 0 Å². The summed E-state index contributed by atoms with van der Waals surface area (Å²) in [5, 5.41) is 11.2. The Hall–Kier alpha value is -1.34. The predicted octanol–water partition coefficient (Wildman–Crippen LogP) is 2.12. The fraction of sp³-hybridized carbons (Fsp3) is 0.500. The molecule has 0 saturated carbocycles. The molecule has 1 heterocycles. The topological polar surface area (TPSA) is 58.8 Å². The van der Waals surface area contributed by atoms with Gasteiger partial charge in [0.25, 0.3) is 5.69 Å². The number of anilines is 1. The number of rotatable bonds is 3. The molecular weight excluding hydrogens is 314 g/mol. The first-order valence-electron chi connectivity index (χ1n) is 5.98. The number of ether oxygens (including phenoxy) is 1. The molecule has 2 rings (SSSR count). The first-order valence-corrected chi connectivity index (χ1v) is 6.77. The maximum Gasteiger partial charge on any atom is 0.293 e. The van der Waals surface area contributed by atoms with Gasteiger partial charge in [0.2, 0.25) is 0 Å². The summed E-state index contributed by atoms with van der Waals surface area (Å²) in [5.74, 6) is 0.611. The molecule has 0 N–H and O–H groups in total. The first-order chi connectivity index (χ1) is 9.02. The Balaban J connectivity index is 2.39. The van der Waals surface area contributed by atoms with E-state index in [1.165, 1.54) is 6.07 Å². The van der Waals surface area contributed by atoms with Crippen LogP contribution in [0.15, 0.2) is 16.6 Å². The Kier molecular flexibility index (Phi) is 4.26. The van der Waals surface area contributed by atoms with E-state index in [0.29, 0.717) is 15.9 Å². The lowest BCUT2D eigenvalue weighted by atomic mass is 10.2. The molecule has 1 fully saturated rings. The van der Waals surface area contributed by atoms with Gasteiger partial charge in [-0.05, 0) is 23.0 Å². The average molecular weight is 330 g/mol. The van der Waals surface area contributed by atoms with Gasteiger partial charge in [-0.2, -0.15) is 0 Å². The van der Waals surface area contributed by atoms with Crippen molar-refractivity contribution < 1.29 is 9.66 Å². The highest BCUT2D eigenvalue weighted by Crippen LogP contribution is 2.38. The van der Waals surface area contributed by atoms with Crippen LogP contribution in [0.2, 0.25) is 0 Å². The van der Waals surface area contributed by atoms with Gasteiger partial charge in [-0.1, -0.05) is 0 Å². The van der Waals surface area contributed by atoms with Crippen LogP contribution in [0.4, 0.5) is 11.4 Å². The molecule has 6 nitrogen and oxygen atoms in total. The van der Waals surface area contributed by atoms with Crippen molar-refractivity contribution in [2.45, 2.75) is 0 Å². The second-order valence-corrected chi connectivity index (χ2v) is 5.38. The molecular formula is C12H16BrN3O3. The molecule has 7 heteroatoms. The SMILES string of the molecule is COc1cc(N2CCN(C)CC2)c([N+](=O)[O-])cc1Br. The van der Waals surface area contributed by atoms with Crippen molar-refractivity contribution in [1.29, 1.82) is 0 Å². The Morgan fingerprint density at radius 1 is 1.32 bits per heavy atom. The number of benzene rings is 1. The molecule has 104 valence electrons. The number of likely N-dealkylation sites (N-methyl/N-ethyl adjacent to an activating group) is 1. The number of nitro benzene ring substituents is 1. The zero-order valence-electron chi connectivity index (χ0n) is 10.9. The molecule has 0 atom stereocenters. The quantitative estimate of drug-likeness (QED) is 0.628. The number of nitrogens with zero attached hydrogens (tertiary/aromatic N) is 3. The van der Waals surface area contributed by atoms with E-state index in [1.807, 2.05) is 11.9 Å². The van der Waals surface area contributed by atoms with Crippen molar-refractivity contribution in [2.75, 3.05) is 45.2 Å². The molecule has 0 aromatic heterocycles. The number of hydrogen-bond donors (Lipinski definition) is 0. The summed E-state index contributed by atoms with van der Waals surface area (Å²) < 4.78 is 5.82. The zero-order chi connectivity index (χ0) is 14.0. The maximum atomic E-state index is 11.2. The molecule has 0 bridgehead atoms. The van der Waals surface area contributed by atoms with Crippen molar-refractivity contribution in [2.24, 2.45) is 0 Å². The molecule has 1 aliphatic heterocycles. The first kappa shape index (κ1) is 14.1. The fourth-order valence-electron chi connectivity index (χ4n) is 2.14. The van der Waals surface area contributed by atoms with Gasteiger partial charge in [-0.3, -0.25) is 10.1 Å². The van der Waals surface area contributed by atoms with Gasteiger partial charge in [0.15, 0.2) is 0 Å². The minimum Gasteiger partial charge on any atom is -0.495 e. The highest BCUT2D eigenvalue weighted by molar-refractivity contribution is 9.10. The largest absolute Gasteiger partial charge is 0.495 e. The highest BCUT2D eigenvalue weighted by atomic mass is 79.9. The molecule has 0 spiro atoms. The molecule has 1 aliphatic rings. The van der Waals surface area contributed by atoms with Gasteiger partial charge in [0.05, 0.1) is 16.5 Å². The zero-order valence-corrected chi connectivity index (χ0v) is 12.5. The number of piperazine rings is 1. The second-order valence-electron chi connectivity index (χ2n) is 4.52. The molecule has 0 radical (unpaired) electrons. The van der Waals surface area contributed by atoms with Crippen LogP contribution >= 0.6 is 15.9 Å². The number of halogens is 1. The van der Waals surface area contributed by atoms with E-state index >= 15 is 0 Å². The number of nitro groups is 1. The van der Waals surface area contributed by atoms with Crippen LogP contribution in [-0.4, -0.2) is 50.2 Å². The van der Waals surface area contributed by atoms with Crippen LogP contribution < -0.4 is 9.64 Å². The Bertz CT molecular complexity index is 487. The summed E-state index contributed by atoms with van der Waals surface area (Å²) in [6.07, 6.45) is 0. The summed E-state index contributed by atoms with van der Waals surface area (Å²) in [6.45, 7) is 3.36. The lowest BCUT2D eigenvalue weighted by Crippen LogP contribution is -2.44. The Morgan fingerprint density at radius 2 is 1.95 bits per heavy atom. The van der Waals surface area contributed by atoms with E-state index in [9.17, 15) is 10.1 Å². The van der Waals surface area contributed by atoms with Crippen molar-refractivity contribution in [3.8, 4) is 5.75 Å². The lowest BCUT2D eigenvalue weighted by molar-refractivity contribution is -0.384. The van der Waals surface area contributed by atoms with Crippen LogP contribution in [0.25, 0.3) is 0 Å². The van der Waals surface area contributed by atoms with Crippen LogP contribution in [-0.2, 0) is 0 Å². The highest BCUT2D eigenvalue weighted by Gasteiger charge is 2.24. The van der Waals surface area contributed by atoms with Crippen molar-refractivity contribution >= 4 is 27.3 Å². The van der Waals surface area contributed by atoms with Gasteiger partial charge in [0.1, 0.15) is 11.4 Å². The van der Waals surface area contributed by atoms with Crippen molar-refractivity contribution in [3.05, 3.63) is 26.7 Å². The normalized spacial score (nSPS) is 16.5. The fourth-order valence-corrected chi connectivity index (χ4v) is 2.63. The van der Waals surface area contributed by atoms with Crippen LogP contribution in [0.1, 0.15) is 0 Å². The Labute approximate surface area is 120 Å². The van der Waals surface area contributed by atoms with Crippen molar-refractivity contribution in [1.82, 2.24) is 4.90 Å². The predicted molar refractivity (Wildman–Crippen MR) is 77.1 cm³/mol. The summed E-state index contributed by atoms with van der Waals surface area (Å²) in [7, 11) is 3.60. The number of methoxy groups -OCH3 is 1. The van der Waals surface area contributed by atoms with E-state index in [0.717, 1.165) is 26.2 Å². The standard InChI is InChI=1S/C12H16BrN3O3/c1-14-3-5-15(6-4-14)10-8-12(19-2)9(13)7-11(10)16(17)18/h7-8H,3-6H2,1-2H3. The van der Waals surface area contributed by atoms with Gasteiger partial charge < -0.3 is 14.5 Å². The lowest BCUT2D eigenvalue weighted by Gasteiger charge is -2.33. The number of hydrogen-bond acceptors (Lipinski definition) is 5. The van der Waals surface area contributed by atoms with Crippen LogP contribution in [0.5, 0.6) is 5.75 Å². The van der Waals surface area contributed by atoms with E-state index in [1.54, 1.807) is 13.2 Å². The van der Waals surface area contributed by atoms with Crippen LogP contribution in [0.3, 0.4) is 0 Å². The van der Waals surface area contributed by atoms with Gasteiger partial charge >= 0.3 is 0 Å². The summed E-state index contributed by atoms with van der Waals surface area (Å²) >= 11 is 3.29. The minimum atomic E-state index is -0.349. The smallest absolute Gasteiger partial charge is 0.293 e. The van der Waals surface area contributed by atoms with Gasteiger partial charge in [0, 0.05) is 38.3 Å². The Morgan fingerprint density at radius 3 is 2.47 bits per heavy atom. The third kappa shape index (κ3) is 2.98.